The Kier molecular flexibility index (Phi) is 2.94. The van der Waals surface area contributed by atoms with Gasteiger partial charge in [-0.3, -0.25) is 4.99 Å². The molecule has 0 saturated carbocycles. The number of amidine groups is 1. The summed E-state index contributed by atoms with van der Waals surface area (Å²) in [4.78, 5) is 3.66. The van der Waals surface area contributed by atoms with Crippen molar-refractivity contribution in [3.63, 3.8) is 0 Å². The van der Waals surface area contributed by atoms with E-state index in [2.05, 4.69) is 4.99 Å². The second-order valence-corrected chi connectivity index (χ2v) is 1.59. The fourth-order valence-electron chi connectivity index (χ4n) is 0.0913. The van der Waals surface area contributed by atoms with Crippen LogP contribution in [0.15, 0.2) is 4.99 Å². The first-order valence-corrected chi connectivity index (χ1v) is 2.80. The third-order valence-electron chi connectivity index (χ3n) is 0.430. The van der Waals surface area contributed by atoms with Gasteiger partial charge in [0.1, 0.15) is 0 Å². The minimum Gasteiger partial charge on any atom is -0.379 e. The molecule has 0 aromatic heterocycles. The van der Waals surface area contributed by atoms with Gasteiger partial charge in [-0.25, -0.2) is 0 Å². The average Bonchev–Trinajstić information content (AvgIpc) is 1.65. The van der Waals surface area contributed by atoms with Gasteiger partial charge in [0.2, 0.25) is 0 Å². The number of hydrogen-bond donors (Lipinski definition) is 1. The molecule has 0 spiro atoms. The van der Waals surface area contributed by atoms with Gasteiger partial charge >= 0.3 is 0 Å². The van der Waals surface area contributed by atoms with Crippen LogP contribution in [0.4, 0.5) is 0 Å². The van der Waals surface area contributed by atoms with Gasteiger partial charge in [0.25, 0.3) is 0 Å². The Morgan fingerprint density at radius 2 is 2.33 bits per heavy atom. The van der Waals surface area contributed by atoms with Crippen LogP contribution in [0.25, 0.3) is 0 Å². The molecule has 0 heterocycles. The van der Waals surface area contributed by atoms with Gasteiger partial charge < -0.3 is 5.73 Å². The summed E-state index contributed by atoms with van der Waals surface area (Å²) >= 11 is 1.45. The zero-order chi connectivity index (χ0) is 4.99. The van der Waals surface area contributed by atoms with Crippen molar-refractivity contribution >= 4 is 16.9 Å². The molecule has 2 N–H and O–H groups in total. The van der Waals surface area contributed by atoms with Crippen LogP contribution in [0.5, 0.6) is 0 Å². The van der Waals surface area contributed by atoms with Gasteiger partial charge in [-0.1, -0.05) is 11.8 Å². The first kappa shape index (κ1) is 5.82. The Morgan fingerprint density at radius 3 is 2.33 bits per heavy atom. The van der Waals surface area contributed by atoms with Crippen LogP contribution in [0, 0.1) is 0 Å². The Labute approximate surface area is 41.8 Å². The zero-order valence-electron chi connectivity index (χ0n) is 3.93. The number of nitrogens with zero attached hydrogens (tertiary/aromatic N) is 1. The number of aliphatic imine (C=N–C) groups is 1. The van der Waals surface area contributed by atoms with Crippen LogP contribution in [0.1, 0.15) is 0 Å². The zero-order valence-corrected chi connectivity index (χ0v) is 4.75. The normalized spacial score (nSPS) is 12.0. The summed E-state index contributed by atoms with van der Waals surface area (Å²) in [5.41, 5.74) is 5.19. The van der Waals surface area contributed by atoms with Crippen molar-refractivity contribution < 1.29 is 0 Å². The van der Waals surface area contributed by atoms with Gasteiger partial charge in [0, 0.05) is 7.05 Å². The molecule has 0 aromatic rings. The van der Waals surface area contributed by atoms with Crippen molar-refractivity contribution in [2.24, 2.45) is 10.7 Å². The largest absolute Gasteiger partial charge is 0.379 e. The van der Waals surface area contributed by atoms with Crippen LogP contribution in [-0.4, -0.2) is 18.5 Å². The Morgan fingerprint density at radius 1 is 1.83 bits per heavy atom. The highest BCUT2D eigenvalue weighted by Crippen LogP contribution is 1.86. The lowest BCUT2D eigenvalue weighted by Gasteiger charge is -1.84. The molecule has 0 radical (unpaired) electrons. The van der Waals surface area contributed by atoms with E-state index in [9.17, 15) is 0 Å². The van der Waals surface area contributed by atoms with Crippen LogP contribution in [0.3, 0.4) is 0 Å². The summed E-state index contributed by atoms with van der Waals surface area (Å²) in [6.07, 6.45) is 1.89. The molecule has 3 heteroatoms. The van der Waals surface area contributed by atoms with Crippen LogP contribution >= 0.6 is 11.8 Å². The minimum absolute atomic E-state index is 0.634. The highest BCUT2D eigenvalue weighted by Gasteiger charge is 1.75. The molecule has 2 nitrogen and oxygen atoms in total. The molecule has 0 fully saturated rings. The average molecular weight is 104 g/mol. The fraction of sp³-hybridized carbons (Fsp3) is 0.667. The van der Waals surface area contributed by atoms with E-state index in [0.29, 0.717) is 5.17 Å². The smallest absolute Gasteiger partial charge is 0.153 e. The molecule has 36 valence electrons. The lowest BCUT2D eigenvalue weighted by Crippen LogP contribution is -2.03. The second kappa shape index (κ2) is 3.03. The highest BCUT2D eigenvalue weighted by atomic mass is 32.2. The monoisotopic (exact) mass is 104 g/mol. The minimum atomic E-state index is 0.634. The molecular weight excluding hydrogens is 96.1 g/mol. The van der Waals surface area contributed by atoms with E-state index in [1.54, 1.807) is 7.05 Å². The van der Waals surface area contributed by atoms with E-state index in [1.165, 1.54) is 11.8 Å². The van der Waals surface area contributed by atoms with Crippen molar-refractivity contribution in [3.8, 4) is 0 Å². The van der Waals surface area contributed by atoms with Gasteiger partial charge in [-0.05, 0) is 6.26 Å². The van der Waals surface area contributed by atoms with Crippen molar-refractivity contribution in [2.75, 3.05) is 13.3 Å². The standard InChI is InChI=1S/C3H8N2S/c1-5-3(4)6-2/h1-2H3,(H2,4,5). The molecule has 6 heavy (non-hydrogen) atoms. The number of thioether (sulfide) groups is 1. The van der Waals surface area contributed by atoms with Gasteiger partial charge in [-0.2, -0.15) is 0 Å². The molecule has 0 aliphatic carbocycles. The quantitative estimate of drug-likeness (QED) is 0.354. The summed E-state index contributed by atoms with van der Waals surface area (Å²) in [5, 5.41) is 0.634. The predicted octanol–water partition coefficient (Wildman–Crippen LogP) is 0.294. The maximum Gasteiger partial charge on any atom is 0.153 e. The molecule has 0 unspecified atom stereocenters. The van der Waals surface area contributed by atoms with Crippen LogP contribution in [-0.2, 0) is 0 Å². The molecule has 0 atom stereocenters. The highest BCUT2D eigenvalue weighted by molar-refractivity contribution is 8.13. The van der Waals surface area contributed by atoms with E-state index in [0.717, 1.165) is 0 Å². The van der Waals surface area contributed by atoms with Crippen molar-refractivity contribution in [3.05, 3.63) is 0 Å². The molecule has 0 rings (SSSR count). The second-order valence-electron chi connectivity index (χ2n) is 0.766. The maximum absolute atomic E-state index is 5.19. The van der Waals surface area contributed by atoms with Crippen LogP contribution < -0.4 is 5.73 Å². The van der Waals surface area contributed by atoms with Crippen molar-refractivity contribution in [1.82, 2.24) is 0 Å². The van der Waals surface area contributed by atoms with E-state index < -0.39 is 0 Å². The third kappa shape index (κ3) is 2.08. The van der Waals surface area contributed by atoms with E-state index in [-0.39, 0.29) is 0 Å². The number of rotatable bonds is 0. The molecular formula is C3H8N2S. The van der Waals surface area contributed by atoms with E-state index in [1.807, 2.05) is 6.26 Å². The SMILES string of the molecule is CN=C(N)SC. The predicted molar refractivity (Wildman–Crippen MR) is 31.1 cm³/mol. The number of nitrogens with two attached hydrogens (primary N) is 1. The van der Waals surface area contributed by atoms with E-state index >= 15 is 0 Å². The summed E-state index contributed by atoms with van der Waals surface area (Å²) in [7, 11) is 1.67. The number of hydrogen-bond acceptors (Lipinski definition) is 2. The van der Waals surface area contributed by atoms with E-state index in [4.69, 9.17) is 5.73 Å². The lowest BCUT2D eigenvalue weighted by molar-refractivity contribution is 1.44. The molecule has 0 aliphatic heterocycles. The topological polar surface area (TPSA) is 38.4 Å². The molecule has 0 aliphatic rings. The van der Waals surface area contributed by atoms with Gasteiger partial charge in [-0.15, -0.1) is 0 Å². The van der Waals surface area contributed by atoms with Crippen molar-refractivity contribution in [1.29, 1.82) is 0 Å². The summed E-state index contributed by atoms with van der Waals surface area (Å²) < 4.78 is 0. The third-order valence-corrected chi connectivity index (χ3v) is 1.03. The van der Waals surface area contributed by atoms with Gasteiger partial charge in [0.05, 0.1) is 0 Å². The molecule has 0 bridgehead atoms. The fourth-order valence-corrected chi connectivity index (χ4v) is 0.274. The molecule has 0 saturated heterocycles. The molecule has 0 amide bonds. The Hall–Kier alpha value is -0.180. The van der Waals surface area contributed by atoms with Crippen LogP contribution in [0.2, 0.25) is 0 Å². The first-order chi connectivity index (χ1) is 2.81. The lowest BCUT2D eigenvalue weighted by atomic mass is 11.3. The summed E-state index contributed by atoms with van der Waals surface area (Å²) in [5.74, 6) is 0. The summed E-state index contributed by atoms with van der Waals surface area (Å²) in [6.45, 7) is 0. The first-order valence-electron chi connectivity index (χ1n) is 1.57. The Balaban J connectivity index is 3.22. The molecule has 0 aromatic carbocycles. The van der Waals surface area contributed by atoms with Gasteiger partial charge in [0.15, 0.2) is 5.17 Å². The van der Waals surface area contributed by atoms with Crippen molar-refractivity contribution in [2.45, 2.75) is 0 Å². The maximum atomic E-state index is 5.19. The summed E-state index contributed by atoms with van der Waals surface area (Å²) in [6, 6.07) is 0. The Bertz CT molecular complexity index is 59.8.